The molecule has 1 aliphatic heterocycles. The van der Waals surface area contributed by atoms with E-state index in [0.717, 1.165) is 23.9 Å². The van der Waals surface area contributed by atoms with Gasteiger partial charge in [-0.05, 0) is 23.8 Å². The highest BCUT2D eigenvalue weighted by Gasteiger charge is 2.33. The van der Waals surface area contributed by atoms with Gasteiger partial charge in [0.05, 0.1) is 18.7 Å². The minimum absolute atomic E-state index is 0.108. The van der Waals surface area contributed by atoms with Crippen LogP contribution in [0.5, 0.6) is 5.88 Å². The number of halogens is 4. The third-order valence-corrected chi connectivity index (χ3v) is 4.16. The van der Waals surface area contributed by atoms with Crippen molar-refractivity contribution in [1.82, 2.24) is 9.88 Å². The Balaban J connectivity index is 1.53. The molecule has 1 fully saturated rings. The Hall–Kier alpha value is -2.54. The lowest BCUT2D eigenvalue weighted by Gasteiger charge is -2.38. The quantitative estimate of drug-likeness (QED) is 0.749. The molecule has 0 atom stereocenters. The Labute approximate surface area is 152 Å². The Morgan fingerprint density at radius 3 is 2.69 bits per heavy atom. The highest BCUT2D eigenvalue weighted by molar-refractivity contribution is 6.32. The van der Waals surface area contributed by atoms with Gasteiger partial charge in [0.25, 0.3) is 0 Å². The molecule has 1 aliphatic rings. The van der Waals surface area contributed by atoms with Crippen LogP contribution < -0.4 is 4.74 Å². The summed E-state index contributed by atoms with van der Waals surface area (Å²) in [7, 11) is 0. The molecule has 0 radical (unpaired) electrons. The van der Waals surface area contributed by atoms with Crippen molar-refractivity contribution in [2.24, 2.45) is 0 Å². The minimum atomic E-state index is -4.45. The molecule has 4 nitrogen and oxygen atoms in total. The number of alkyl halides is 3. The predicted molar refractivity (Wildman–Crippen MR) is 90.7 cm³/mol. The van der Waals surface area contributed by atoms with E-state index in [1.54, 1.807) is 24.3 Å². The molecule has 2 aromatic rings. The van der Waals surface area contributed by atoms with Crippen LogP contribution in [0.15, 0.2) is 48.7 Å². The number of carbonyl (C=O) groups excluding carboxylic acids is 1. The van der Waals surface area contributed by atoms with Gasteiger partial charge in [-0.3, -0.25) is 4.79 Å². The number of amides is 1. The van der Waals surface area contributed by atoms with Gasteiger partial charge in [0, 0.05) is 23.4 Å². The standard InChI is InChI=1S/C18H14ClF3N2O2/c19-15-4-2-1-3-12(15)5-6-17(25)24-10-14(11-24)26-16-9-13(7-8-23-16)18(20,21)22/h1-9,14H,10-11H2/b6-5+. The third kappa shape index (κ3) is 4.35. The number of aromatic nitrogens is 1. The van der Waals surface area contributed by atoms with E-state index in [1.165, 1.54) is 11.0 Å². The second-order valence-electron chi connectivity index (χ2n) is 5.72. The summed E-state index contributed by atoms with van der Waals surface area (Å²) in [5.74, 6) is -0.328. The fourth-order valence-electron chi connectivity index (χ4n) is 2.39. The van der Waals surface area contributed by atoms with Crippen molar-refractivity contribution < 1.29 is 22.7 Å². The van der Waals surface area contributed by atoms with Gasteiger partial charge in [-0.15, -0.1) is 0 Å². The molecule has 1 amide bonds. The lowest BCUT2D eigenvalue weighted by molar-refractivity contribution is -0.137. The summed E-state index contributed by atoms with van der Waals surface area (Å²) in [6, 6.07) is 8.84. The molecule has 1 saturated heterocycles. The van der Waals surface area contributed by atoms with Crippen molar-refractivity contribution in [1.29, 1.82) is 0 Å². The number of ether oxygens (including phenoxy) is 1. The molecule has 1 aromatic carbocycles. The van der Waals surface area contributed by atoms with E-state index in [4.69, 9.17) is 16.3 Å². The van der Waals surface area contributed by atoms with E-state index in [1.807, 2.05) is 6.07 Å². The first-order valence-electron chi connectivity index (χ1n) is 7.74. The number of hydrogen-bond donors (Lipinski definition) is 0. The lowest BCUT2D eigenvalue weighted by Crippen LogP contribution is -2.55. The van der Waals surface area contributed by atoms with Crippen molar-refractivity contribution in [3.63, 3.8) is 0 Å². The van der Waals surface area contributed by atoms with Gasteiger partial charge in [0.1, 0.15) is 6.10 Å². The average Bonchev–Trinajstić information content (AvgIpc) is 2.56. The van der Waals surface area contributed by atoms with Gasteiger partial charge in [0.2, 0.25) is 11.8 Å². The van der Waals surface area contributed by atoms with E-state index in [9.17, 15) is 18.0 Å². The summed E-state index contributed by atoms with van der Waals surface area (Å²) < 4.78 is 43.4. The zero-order valence-corrected chi connectivity index (χ0v) is 14.2. The van der Waals surface area contributed by atoms with Gasteiger partial charge >= 0.3 is 6.18 Å². The molecular formula is C18H14ClF3N2O2. The number of benzene rings is 1. The number of hydrogen-bond acceptors (Lipinski definition) is 3. The zero-order valence-electron chi connectivity index (χ0n) is 13.4. The average molecular weight is 383 g/mol. The van der Waals surface area contributed by atoms with Crippen LogP contribution in [0, 0.1) is 0 Å². The highest BCUT2D eigenvalue weighted by Crippen LogP contribution is 2.31. The molecule has 0 spiro atoms. The van der Waals surface area contributed by atoms with E-state index < -0.39 is 11.7 Å². The molecule has 0 aliphatic carbocycles. The first-order valence-corrected chi connectivity index (χ1v) is 8.12. The van der Waals surface area contributed by atoms with Crippen LogP contribution in [0.4, 0.5) is 13.2 Å². The second kappa shape index (κ2) is 7.37. The molecule has 0 saturated carbocycles. The van der Waals surface area contributed by atoms with Gasteiger partial charge in [-0.1, -0.05) is 29.8 Å². The molecule has 26 heavy (non-hydrogen) atoms. The number of likely N-dealkylation sites (tertiary alicyclic amines) is 1. The second-order valence-corrected chi connectivity index (χ2v) is 6.13. The Morgan fingerprint density at radius 1 is 1.27 bits per heavy atom. The number of carbonyl (C=O) groups is 1. The predicted octanol–water partition coefficient (Wildman–Crippen LogP) is 4.06. The van der Waals surface area contributed by atoms with Crippen LogP contribution in [0.1, 0.15) is 11.1 Å². The number of pyridine rings is 1. The van der Waals surface area contributed by atoms with E-state index >= 15 is 0 Å². The Morgan fingerprint density at radius 2 is 2.00 bits per heavy atom. The summed E-state index contributed by atoms with van der Waals surface area (Å²) in [4.78, 5) is 17.4. The SMILES string of the molecule is O=C(/C=C/c1ccccc1Cl)N1CC(Oc2cc(C(F)(F)F)ccn2)C1. The third-order valence-electron chi connectivity index (χ3n) is 3.82. The van der Waals surface area contributed by atoms with Crippen molar-refractivity contribution >= 4 is 23.6 Å². The van der Waals surface area contributed by atoms with E-state index in [-0.39, 0.29) is 31.0 Å². The van der Waals surface area contributed by atoms with Crippen molar-refractivity contribution in [2.45, 2.75) is 12.3 Å². The summed E-state index contributed by atoms with van der Waals surface area (Å²) in [6.07, 6.45) is -0.769. The summed E-state index contributed by atoms with van der Waals surface area (Å²) in [5, 5.41) is 0.539. The first-order chi connectivity index (χ1) is 12.3. The molecule has 136 valence electrons. The van der Waals surface area contributed by atoms with Crippen LogP contribution in [-0.2, 0) is 11.0 Å². The Bertz CT molecular complexity index is 833. The van der Waals surface area contributed by atoms with E-state index in [2.05, 4.69) is 4.98 Å². The van der Waals surface area contributed by atoms with Gasteiger partial charge in [-0.25, -0.2) is 4.98 Å². The maximum atomic E-state index is 12.7. The van der Waals surface area contributed by atoms with Crippen molar-refractivity contribution in [3.05, 3.63) is 64.8 Å². The minimum Gasteiger partial charge on any atom is -0.471 e. The van der Waals surface area contributed by atoms with Crippen LogP contribution in [0.2, 0.25) is 5.02 Å². The molecule has 2 heterocycles. The molecule has 0 unspecified atom stereocenters. The van der Waals surface area contributed by atoms with E-state index in [0.29, 0.717) is 5.02 Å². The highest BCUT2D eigenvalue weighted by atomic mass is 35.5. The fraction of sp³-hybridized carbons (Fsp3) is 0.222. The Kier molecular flexibility index (Phi) is 5.18. The molecule has 8 heteroatoms. The maximum absolute atomic E-state index is 12.7. The fourth-order valence-corrected chi connectivity index (χ4v) is 2.59. The monoisotopic (exact) mass is 382 g/mol. The van der Waals surface area contributed by atoms with Crippen molar-refractivity contribution in [3.8, 4) is 5.88 Å². The van der Waals surface area contributed by atoms with Crippen LogP contribution in [0.3, 0.4) is 0 Å². The molecule has 3 rings (SSSR count). The topological polar surface area (TPSA) is 42.4 Å². The maximum Gasteiger partial charge on any atom is 0.416 e. The van der Waals surface area contributed by atoms with Gasteiger partial charge < -0.3 is 9.64 Å². The number of nitrogens with zero attached hydrogens (tertiary/aromatic N) is 2. The molecular weight excluding hydrogens is 369 g/mol. The summed E-state index contributed by atoms with van der Waals surface area (Å²) in [6.45, 7) is 0.563. The van der Waals surface area contributed by atoms with Crippen LogP contribution >= 0.6 is 11.6 Å². The van der Waals surface area contributed by atoms with Crippen molar-refractivity contribution in [2.75, 3.05) is 13.1 Å². The van der Waals surface area contributed by atoms with Gasteiger partial charge in [0.15, 0.2) is 0 Å². The van der Waals surface area contributed by atoms with Crippen LogP contribution in [-0.4, -0.2) is 35.0 Å². The number of rotatable bonds is 4. The summed E-state index contributed by atoms with van der Waals surface area (Å²) >= 11 is 6.01. The zero-order chi connectivity index (χ0) is 18.7. The smallest absolute Gasteiger partial charge is 0.416 e. The normalized spacial score (nSPS) is 15.2. The van der Waals surface area contributed by atoms with Crippen LogP contribution in [0.25, 0.3) is 6.08 Å². The first kappa shape index (κ1) is 18.3. The molecule has 0 N–H and O–H groups in total. The molecule has 0 bridgehead atoms. The molecule has 1 aromatic heterocycles. The summed E-state index contributed by atoms with van der Waals surface area (Å²) in [5.41, 5.74) is -0.0959. The van der Waals surface area contributed by atoms with Gasteiger partial charge in [-0.2, -0.15) is 13.2 Å². The largest absolute Gasteiger partial charge is 0.471 e. The lowest BCUT2D eigenvalue weighted by atomic mass is 10.1.